The van der Waals surface area contributed by atoms with Gasteiger partial charge in [-0.3, -0.25) is 9.69 Å². The number of rotatable bonds is 10. The van der Waals surface area contributed by atoms with Gasteiger partial charge in [0.2, 0.25) is 5.91 Å². The van der Waals surface area contributed by atoms with Crippen LogP contribution in [0.2, 0.25) is 5.02 Å². The number of benzene rings is 2. The Kier molecular flexibility index (Phi) is 8.81. The monoisotopic (exact) mass is 402 g/mol. The molecule has 2 rings (SSSR count). The third-order valence-corrected chi connectivity index (χ3v) is 4.72. The summed E-state index contributed by atoms with van der Waals surface area (Å²) in [5.41, 5.74) is 2.45. The van der Waals surface area contributed by atoms with Gasteiger partial charge in [0.25, 0.3) is 0 Å². The third-order valence-electron chi connectivity index (χ3n) is 4.47. The molecule has 2 aromatic carbocycles. The van der Waals surface area contributed by atoms with Gasteiger partial charge in [0, 0.05) is 11.6 Å². The molecule has 0 aliphatic heterocycles. The van der Waals surface area contributed by atoms with Crippen molar-refractivity contribution < 1.29 is 9.53 Å². The van der Waals surface area contributed by atoms with Crippen molar-refractivity contribution in [2.24, 2.45) is 5.92 Å². The summed E-state index contributed by atoms with van der Waals surface area (Å²) in [5.74, 6) is 1.42. The van der Waals surface area contributed by atoms with Crippen LogP contribution in [0.5, 0.6) is 5.75 Å². The van der Waals surface area contributed by atoms with Gasteiger partial charge in [-0.25, -0.2) is 0 Å². The lowest BCUT2D eigenvalue weighted by molar-refractivity contribution is -0.122. The molecule has 1 amide bonds. The third kappa shape index (κ3) is 7.91. The van der Waals surface area contributed by atoms with Crippen LogP contribution in [-0.2, 0) is 11.2 Å². The van der Waals surface area contributed by atoms with Gasteiger partial charge in [0.15, 0.2) is 0 Å². The van der Waals surface area contributed by atoms with E-state index in [4.69, 9.17) is 16.3 Å². The number of carbonyl (C=O) groups excluding carboxylic acids is 1. The zero-order chi connectivity index (χ0) is 20.5. The SMILES string of the molecule is CC(C)Cc1ccc(C(C)NC(=O)CN(C)CCOc2ccc(Cl)cc2)cc1. The molecule has 0 radical (unpaired) electrons. The molecule has 1 unspecified atom stereocenters. The Hall–Kier alpha value is -2.04. The average Bonchev–Trinajstić information content (AvgIpc) is 2.63. The van der Waals surface area contributed by atoms with Crippen molar-refractivity contribution in [3.05, 3.63) is 64.7 Å². The fourth-order valence-corrected chi connectivity index (χ4v) is 3.08. The molecule has 0 saturated carbocycles. The number of ether oxygens (including phenoxy) is 1. The number of carbonyl (C=O) groups is 1. The Morgan fingerprint density at radius 2 is 1.71 bits per heavy atom. The van der Waals surface area contributed by atoms with Crippen LogP contribution < -0.4 is 10.1 Å². The summed E-state index contributed by atoms with van der Waals surface area (Å²) in [7, 11) is 1.91. The normalized spacial score (nSPS) is 12.2. The molecule has 0 spiro atoms. The highest BCUT2D eigenvalue weighted by Crippen LogP contribution is 2.16. The predicted molar refractivity (Wildman–Crippen MR) is 116 cm³/mol. The molecule has 0 fully saturated rings. The smallest absolute Gasteiger partial charge is 0.234 e. The van der Waals surface area contributed by atoms with Crippen molar-refractivity contribution in [3.8, 4) is 5.75 Å². The molecule has 28 heavy (non-hydrogen) atoms. The lowest BCUT2D eigenvalue weighted by Gasteiger charge is -2.19. The van der Waals surface area contributed by atoms with Crippen LogP contribution in [-0.4, -0.2) is 37.6 Å². The molecule has 0 heterocycles. The minimum Gasteiger partial charge on any atom is -0.492 e. The van der Waals surface area contributed by atoms with Gasteiger partial charge in [-0.15, -0.1) is 0 Å². The summed E-state index contributed by atoms with van der Waals surface area (Å²) in [6, 6.07) is 15.8. The number of hydrogen-bond donors (Lipinski definition) is 1. The minimum absolute atomic E-state index is 0.00718. The van der Waals surface area contributed by atoms with Crippen LogP contribution in [0, 0.1) is 5.92 Å². The number of nitrogens with zero attached hydrogens (tertiary/aromatic N) is 1. The van der Waals surface area contributed by atoms with Gasteiger partial charge in [-0.1, -0.05) is 49.7 Å². The van der Waals surface area contributed by atoms with Crippen LogP contribution in [0.15, 0.2) is 48.5 Å². The van der Waals surface area contributed by atoms with Gasteiger partial charge in [0.1, 0.15) is 12.4 Å². The van der Waals surface area contributed by atoms with E-state index in [1.165, 1.54) is 5.56 Å². The molecular weight excluding hydrogens is 372 g/mol. The second-order valence-electron chi connectivity index (χ2n) is 7.67. The van der Waals surface area contributed by atoms with Gasteiger partial charge >= 0.3 is 0 Å². The molecule has 2 aromatic rings. The summed E-state index contributed by atoms with van der Waals surface area (Å²) < 4.78 is 5.67. The number of hydrogen-bond acceptors (Lipinski definition) is 3. The first-order valence-electron chi connectivity index (χ1n) is 9.78. The van der Waals surface area contributed by atoms with Crippen LogP contribution in [0.3, 0.4) is 0 Å². The summed E-state index contributed by atoms with van der Waals surface area (Å²) in [6.45, 7) is 7.95. The lowest BCUT2D eigenvalue weighted by Crippen LogP contribution is -2.38. The summed E-state index contributed by atoms with van der Waals surface area (Å²) in [5, 5.41) is 3.75. The van der Waals surface area contributed by atoms with Crippen molar-refractivity contribution >= 4 is 17.5 Å². The van der Waals surface area contributed by atoms with Gasteiger partial charge < -0.3 is 10.1 Å². The fraction of sp³-hybridized carbons (Fsp3) is 0.435. The maximum Gasteiger partial charge on any atom is 0.234 e. The molecule has 0 aliphatic carbocycles. The summed E-state index contributed by atoms with van der Waals surface area (Å²) in [4.78, 5) is 14.3. The minimum atomic E-state index is -0.0145. The Labute approximate surface area is 173 Å². The van der Waals surface area contributed by atoms with Crippen molar-refractivity contribution in [1.29, 1.82) is 0 Å². The molecule has 5 heteroatoms. The van der Waals surface area contributed by atoms with Crippen LogP contribution >= 0.6 is 11.6 Å². The second-order valence-corrected chi connectivity index (χ2v) is 8.11. The zero-order valence-electron chi connectivity index (χ0n) is 17.2. The Bertz CT molecular complexity index is 729. The number of likely N-dealkylation sites (N-methyl/N-ethyl adjacent to an activating group) is 1. The highest BCUT2D eigenvalue weighted by atomic mass is 35.5. The molecule has 1 atom stereocenters. The quantitative estimate of drug-likeness (QED) is 0.624. The van der Waals surface area contributed by atoms with Crippen molar-refractivity contribution in [3.63, 3.8) is 0 Å². The van der Waals surface area contributed by atoms with E-state index < -0.39 is 0 Å². The highest BCUT2D eigenvalue weighted by molar-refractivity contribution is 6.30. The maximum absolute atomic E-state index is 12.3. The molecule has 0 aromatic heterocycles. The van der Waals surface area contributed by atoms with Crippen molar-refractivity contribution in [2.75, 3.05) is 26.7 Å². The molecule has 4 nitrogen and oxygen atoms in total. The fourth-order valence-electron chi connectivity index (χ4n) is 2.96. The van der Waals surface area contributed by atoms with E-state index in [9.17, 15) is 4.79 Å². The van der Waals surface area contributed by atoms with E-state index in [0.717, 1.165) is 17.7 Å². The van der Waals surface area contributed by atoms with Crippen molar-refractivity contribution in [2.45, 2.75) is 33.2 Å². The second kappa shape index (κ2) is 11.1. The van der Waals surface area contributed by atoms with Crippen LogP contribution in [0.1, 0.15) is 37.9 Å². The average molecular weight is 403 g/mol. The van der Waals surface area contributed by atoms with E-state index in [-0.39, 0.29) is 11.9 Å². The largest absolute Gasteiger partial charge is 0.492 e. The number of halogens is 1. The number of amides is 1. The molecule has 0 saturated heterocycles. The van der Waals surface area contributed by atoms with Crippen molar-refractivity contribution in [1.82, 2.24) is 10.2 Å². The van der Waals surface area contributed by atoms with Gasteiger partial charge in [-0.05, 0) is 61.7 Å². The van der Waals surface area contributed by atoms with E-state index in [0.29, 0.717) is 30.6 Å². The van der Waals surface area contributed by atoms with Crippen LogP contribution in [0.25, 0.3) is 0 Å². The first kappa shape index (κ1) is 22.3. The van der Waals surface area contributed by atoms with Gasteiger partial charge in [0.05, 0.1) is 12.6 Å². The Balaban J connectivity index is 1.72. The topological polar surface area (TPSA) is 41.6 Å². The summed E-state index contributed by atoms with van der Waals surface area (Å²) >= 11 is 5.86. The van der Waals surface area contributed by atoms with E-state index in [1.54, 1.807) is 12.1 Å². The summed E-state index contributed by atoms with van der Waals surface area (Å²) in [6.07, 6.45) is 1.07. The van der Waals surface area contributed by atoms with Gasteiger partial charge in [-0.2, -0.15) is 0 Å². The molecule has 0 aliphatic rings. The molecule has 1 N–H and O–H groups in total. The predicted octanol–water partition coefficient (Wildman–Crippen LogP) is 4.73. The maximum atomic E-state index is 12.3. The van der Waals surface area contributed by atoms with E-state index >= 15 is 0 Å². The van der Waals surface area contributed by atoms with Crippen LogP contribution in [0.4, 0.5) is 0 Å². The molecule has 152 valence electrons. The first-order chi connectivity index (χ1) is 13.3. The van der Waals surface area contributed by atoms with E-state index in [1.807, 2.05) is 31.0 Å². The Morgan fingerprint density at radius 3 is 2.32 bits per heavy atom. The Morgan fingerprint density at radius 1 is 1.07 bits per heavy atom. The van der Waals surface area contributed by atoms with E-state index in [2.05, 4.69) is 43.4 Å². The zero-order valence-corrected chi connectivity index (χ0v) is 18.0. The lowest BCUT2D eigenvalue weighted by atomic mass is 10.00. The first-order valence-corrected chi connectivity index (χ1v) is 10.2. The standard InChI is InChI=1S/C23H31ClN2O2/c1-17(2)15-19-5-7-20(8-6-19)18(3)25-23(27)16-26(4)13-14-28-22-11-9-21(24)10-12-22/h5-12,17-18H,13-16H2,1-4H3,(H,25,27). The number of nitrogens with one attached hydrogen (secondary N) is 1. The molecule has 0 bridgehead atoms. The highest BCUT2D eigenvalue weighted by Gasteiger charge is 2.12. The molecular formula is C23H31ClN2O2.